The minimum Gasteiger partial charge on any atom is -0.369 e. The van der Waals surface area contributed by atoms with Gasteiger partial charge >= 0.3 is 0 Å². The standard InChI is InChI=1S/C20H32N4O4S/c1-5-24(6-2)29(27,28)18-13-17(8-7-14(18)3)22-20(26)15(4)23-11-9-16(10-12-23)19(21)25/h7-8,13,15-16H,5-6,9-12H2,1-4H3,(H2,21,25)(H,22,26). The van der Waals surface area contributed by atoms with Crippen molar-refractivity contribution in [2.24, 2.45) is 11.7 Å². The van der Waals surface area contributed by atoms with Crippen molar-refractivity contribution in [3.05, 3.63) is 23.8 Å². The summed E-state index contributed by atoms with van der Waals surface area (Å²) in [6.07, 6.45) is 1.29. The highest BCUT2D eigenvalue weighted by molar-refractivity contribution is 7.89. The lowest BCUT2D eigenvalue weighted by atomic mass is 9.95. The summed E-state index contributed by atoms with van der Waals surface area (Å²) in [5.41, 5.74) is 6.45. The number of nitrogens with two attached hydrogens (primary N) is 1. The zero-order valence-electron chi connectivity index (χ0n) is 17.6. The molecule has 0 saturated carbocycles. The topological polar surface area (TPSA) is 113 Å². The quantitative estimate of drug-likeness (QED) is 0.657. The molecule has 1 aromatic carbocycles. The first-order chi connectivity index (χ1) is 13.6. The molecule has 8 nitrogen and oxygen atoms in total. The molecule has 1 saturated heterocycles. The molecular formula is C20H32N4O4S. The maximum Gasteiger partial charge on any atom is 0.243 e. The summed E-state index contributed by atoms with van der Waals surface area (Å²) in [5, 5.41) is 2.83. The van der Waals surface area contributed by atoms with E-state index < -0.39 is 16.1 Å². The Balaban J connectivity index is 2.12. The zero-order valence-corrected chi connectivity index (χ0v) is 18.5. The fraction of sp³-hybridized carbons (Fsp3) is 0.600. The third-order valence-electron chi connectivity index (χ3n) is 5.64. The Morgan fingerprint density at radius 1 is 1.24 bits per heavy atom. The van der Waals surface area contributed by atoms with Crippen LogP contribution in [0.15, 0.2) is 23.1 Å². The highest BCUT2D eigenvalue weighted by atomic mass is 32.2. The summed E-state index contributed by atoms with van der Waals surface area (Å²) >= 11 is 0. The third kappa shape index (κ3) is 5.34. The van der Waals surface area contributed by atoms with E-state index in [1.807, 2.05) is 11.8 Å². The molecule has 1 unspecified atom stereocenters. The number of hydrogen-bond acceptors (Lipinski definition) is 5. The molecule has 1 aromatic rings. The number of carbonyl (C=O) groups excluding carboxylic acids is 2. The molecule has 29 heavy (non-hydrogen) atoms. The maximum atomic E-state index is 12.9. The average Bonchev–Trinajstić information content (AvgIpc) is 2.69. The van der Waals surface area contributed by atoms with E-state index in [-0.39, 0.29) is 22.6 Å². The summed E-state index contributed by atoms with van der Waals surface area (Å²) in [6.45, 7) is 9.15. The van der Waals surface area contributed by atoms with Crippen molar-refractivity contribution in [2.45, 2.75) is 51.5 Å². The number of rotatable bonds is 8. The molecule has 0 bridgehead atoms. The van der Waals surface area contributed by atoms with Crippen LogP contribution in [0.1, 0.15) is 39.2 Å². The van der Waals surface area contributed by atoms with E-state index in [1.54, 1.807) is 32.9 Å². The number of hydrogen-bond donors (Lipinski definition) is 2. The molecule has 9 heteroatoms. The highest BCUT2D eigenvalue weighted by Crippen LogP contribution is 2.24. The second-order valence-corrected chi connectivity index (χ2v) is 9.35. The molecular weight excluding hydrogens is 392 g/mol. The molecule has 0 radical (unpaired) electrons. The van der Waals surface area contributed by atoms with Gasteiger partial charge in [-0.3, -0.25) is 14.5 Å². The molecule has 1 atom stereocenters. The molecule has 1 aliphatic rings. The van der Waals surface area contributed by atoms with Gasteiger partial charge in [0.1, 0.15) is 0 Å². The van der Waals surface area contributed by atoms with E-state index in [4.69, 9.17) is 5.73 Å². The smallest absolute Gasteiger partial charge is 0.243 e. The summed E-state index contributed by atoms with van der Waals surface area (Å²) in [4.78, 5) is 26.2. The van der Waals surface area contributed by atoms with Crippen molar-refractivity contribution < 1.29 is 18.0 Å². The number of likely N-dealkylation sites (tertiary alicyclic amines) is 1. The van der Waals surface area contributed by atoms with Crippen LogP contribution in [0.25, 0.3) is 0 Å². The Labute approximate surface area is 173 Å². The van der Waals surface area contributed by atoms with E-state index in [0.717, 1.165) is 0 Å². The van der Waals surface area contributed by atoms with Crippen molar-refractivity contribution >= 4 is 27.5 Å². The van der Waals surface area contributed by atoms with Gasteiger partial charge in [0.25, 0.3) is 0 Å². The van der Waals surface area contributed by atoms with Gasteiger partial charge in [0, 0.05) is 24.7 Å². The van der Waals surface area contributed by atoms with E-state index in [1.165, 1.54) is 10.4 Å². The number of aryl methyl sites for hydroxylation is 1. The van der Waals surface area contributed by atoms with E-state index in [9.17, 15) is 18.0 Å². The molecule has 2 amide bonds. The summed E-state index contributed by atoms with van der Waals surface area (Å²) in [7, 11) is -3.62. The number of piperidine rings is 1. The summed E-state index contributed by atoms with van der Waals surface area (Å²) in [5.74, 6) is -0.632. The molecule has 0 spiro atoms. The van der Waals surface area contributed by atoms with E-state index >= 15 is 0 Å². The number of benzene rings is 1. The second kappa shape index (κ2) is 9.69. The number of nitrogens with zero attached hydrogens (tertiary/aromatic N) is 2. The van der Waals surface area contributed by atoms with Crippen LogP contribution in [0, 0.1) is 12.8 Å². The van der Waals surface area contributed by atoms with Gasteiger partial charge in [-0.2, -0.15) is 4.31 Å². The van der Waals surface area contributed by atoms with Crippen LogP contribution in [-0.4, -0.2) is 61.7 Å². The number of nitrogens with one attached hydrogen (secondary N) is 1. The Hall–Kier alpha value is -1.97. The first-order valence-electron chi connectivity index (χ1n) is 10.1. The highest BCUT2D eigenvalue weighted by Gasteiger charge is 2.29. The minimum atomic E-state index is -3.62. The first kappa shape index (κ1) is 23.3. The maximum absolute atomic E-state index is 12.9. The largest absolute Gasteiger partial charge is 0.369 e. The van der Waals surface area contributed by atoms with Gasteiger partial charge in [0.15, 0.2) is 0 Å². The lowest BCUT2D eigenvalue weighted by Crippen LogP contribution is -2.47. The Kier molecular flexibility index (Phi) is 7.79. The van der Waals surface area contributed by atoms with Gasteiger partial charge in [-0.05, 0) is 57.5 Å². The predicted octanol–water partition coefficient (Wildman–Crippen LogP) is 1.55. The molecule has 1 fully saturated rings. The Morgan fingerprint density at radius 3 is 2.34 bits per heavy atom. The van der Waals surface area contributed by atoms with Gasteiger partial charge in [-0.25, -0.2) is 8.42 Å². The van der Waals surface area contributed by atoms with Crippen molar-refractivity contribution in [3.8, 4) is 0 Å². The lowest BCUT2D eigenvalue weighted by molar-refractivity contribution is -0.124. The van der Waals surface area contributed by atoms with Crippen LogP contribution < -0.4 is 11.1 Å². The van der Waals surface area contributed by atoms with Crippen LogP contribution in [0.5, 0.6) is 0 Å². The van der Waals surface area contributed by atoms with Gasteiger partial charge in [-0.15, -0.1) is 0 Å². The Bertz CT molecular complexity index is 844. The second-order valence-electron chi connectivity index (χ2n) is 7.45. The first-order valence-corrected chi connectivity index (χ1v) is 11.5. The lowest BCUT2D eigenvalue weighted by Gasteiger charge is -2.34. The van der Waals surface area contributed by atoms with Crippen LogP contribution in [0.3, 0.4) is 0 Å². The monoisotopic (exact) mass is 424 g/mol. The number of sulfonamides is 1. The number of anilines is 1. The van der Waals surface area contributed by atoms with Crippen molar-refractivity contribution in [2.75, 3.05) is 31.5 Å². The molecule has 1 aliphatic heterocycles. The van der Waals surface area contributed by atoms with Crippen LogP contribution >= 0.6 is 0 Å². The SMILES string of the molecule is CCN(CC)S(=O)(=O)c1cc(NC(=O)C(C)N2CCC(C(N)=O)CC2)ccc1C. The van der Waals surface area contributed by atoms with E-state index in [2.05, 4.69) is 5.32 Å². The third-order valence-corrected chi connectivity index (χ3v) is 7.83. The number of carbonyl (C=O) groups is 2. The summed E-state index contributed by atoms with van der Waals surface area (Å²) < 4.78 is 27.2. The molecule has 162 valence electrons. The normalized spacial score (nSPS) is 17.3. The zero-order chi connectivity index (χ0) is 21.8. The van der Waals surface area contributed by atoms with Gasteiger partial charge in [-0.1, -0.05) is 19.9 Å². The fourth-order valence-corrected chi connectivity index (χ4v) is 5.35. The predicted molar refractivity (Wildman–Crippen MR) is 113 cm³/mol. The van der Waals surface area contributed by atoms with Crippen molar-refractivity contribution in [1.82, 2.24) is 9.21 Å². The average molecular weight is 425 g/mol. The molecule has 0 aromatic heterocycles. The van der Waals surface area contributed by atoms with Crippen molar-refractivity contribution in [3.63, 3.8) is 0 Å². The molecule has 0 aliphatic carbocycles. The number of amides is 2. The molecule has 3 N–H and O–H groups in total. The van der Waals surface area contributed by atoms with Gasteiger partial charge in [0.05, 0.1) is 10.9 Å². The molecule has 1 heterocycles. The van der Waals surface area contributed by atoms with Crippen molar-refractivity contribution in [1.29, 1.82) is 0 Å². The summed E-state index contributed by atoms with van der Waals surface area (Å²) in [6, 6.07) is 4.54. The van der Waals surface area contributed by atoms with Gasteiger partial charge in [0.2, 0.25) is 21.8 Å². The number of primary amides is 1. The van der Waals surface area contributed by atoms with Crippen LogP contribution in [0.4, 0.5) is 5.69 Å². The van der Waals surface area contributed by atoms with E-state index in [0.29, 0.717) is 50.3 Å². The van der Waals surface area contributed by atoms with Gasteiger partial charge < -0.3 is 11.1 Å². The fourth-order valence-electron chi connectivity index (χ4n) is 3.64. The van der Waals surface area contributed by atoms with Crippen LogP contribution in [0.2, 0.25) is 0 Å². The Morgan fingerprint density at radius 2 is 1.83 bits per heavy atom. The van der Waals surface area contributed by atoms with Crippen LogP contribution in [-0.2, 0) is 19.6 Å². The molecule has 2 rings (SSSR count). The minimum absolute atomic E-state index is 0.133.